The molecule has 6 aromatic rings. The largest absolute Gasteiger partial charge is 0.342 e. The van der Waals surface area contributed by atoms with Crippen molar-refractivity contribution in [2.45, 2.75) is 26.2 Å². The Morgan fingerprint density at radius 1 is 0.568 bits per heavy atom. The SMILES string of the molecule is Cc1cc2c3c(c1)N(c1ccccc1)c1cc(-c4ccccc4)ccc1B3c1ccc(-c3ccccc3)c3c1N2CCCC3. The van der Waals surface area contributed by atoms with Gasteiger partial charge in [0.1, 0.15) is 0 Å². The van der Waals surface area contributed by atoms with Crippen LogP contribution in [0.15, 0.2) is 133 Å². The van der Waals surface area contributed by atoms with Gasteiger partial charge in [0.05, 0.1) is 0 Å². The van der Waals surface area contributed by atoms with Crippen LogP contribution in [-0.2, 0) is 6.42 Å². The number of fused-ring (bicyclic) bond motifs is 4. The van der Waals surface area contributed by atoms with Gasteiger partial charge in [-0.25, -0.2) is 0 Å². The van der Waals surface area contributed by atoms with Crippen LogP contribution in [0.4, 0.5) is 28.4 Å². The first kappa shape index (κ1) is 25.5. The Morgan fingerprint density at radius 3 is 2.02 bits per heavy atom. The second-order valence-electron chi connectivity index (χ2n) is 12.5. The van der Waals surface area contributed by atoms with E-state index in [2.05, 4.69) is 150 Å². The molecule has 0 unspecified atom stereocenters. The lowest BCUT2D eigenvalue weighted by atomic mass is 9.33. The molecule has 0 saturated heterocycles. The monoisotopic (exact) mass is 564 g/mol. The van der Waals surface area contributed by atoms with Gasteiger partial charge < -0.3 is 9.80 Å². The Balaban J connectivity index is 1.36. The smallest absolute Gasteiger partial charge is 0.252 e. The van der Waals surface area contributed by atoms with E-state index in [0.29, 0.717) is 0 Å². The van der Waals surface area contributed by atoms with Crippen molar-refractivity contribution in [3.8, 4) is 22.3 Å². The van der Waals surface area contributed by atoms with Crippen LogP contribution in [0.1, 0.15) is 24.0 Å². The summed E-state index contributed by atoms with van der Waals surface area (Å²) in [6, 6.07) is 49.6. The van der Waals surface area contributed by atoms with Gasteiger partial charge in [0.2, 0.25) is 0 Å². The summed E-state index contributed by atoms with van der Waals surface area (Å²) < 4.78 is 0. The molecule has 0 spiro atoms. The first-order valence-electron chi connectivity index (χ1n) is 15.9. The maximum absolute atomic E-state index is 2.68. The molecule has 9 rings (SSSR count). The third-order valence-electron chi connectivity index (χ3n) is 9.84. The van der Waals surface area contributed by atoms with E-state index in [0.717, 1.165) is 13.0 Å². The van der Waals surface area contributed by atoms with Crippen molar-refractivity contribution in [3.05, 3.63) is 145 Å². The molecule has 6 aromatic carbocycles. The number of nitrogens with zero attached hydrogens (tertiary/aromatic N) is 2. The summed E-state index contributed by atoms with van der Waals surface area (Å²) in [5, 5.41) is 0. The maximum Gasteiger partial charge on any atom is 0.252 e. The van der Waals surface area contributed by atoms with Crippen LogP contribution in [0.25, 0.3) is 22.3 Å². The lowest BCUT2D eigenvalue weighted by Gasteiger charge is -2.45. The summed E-state index contributed by atoms with van der Waals surface area (Å²) in [6.45, 7) is 3.49. The molecule has 44 heavy (non-hydrogen) atoms. The van der Waals surface area contributed by atoms with Crippen molar-refractivity contribution in [2.75, 3.05) is 16.3 Å². The molecule has 3 heterocycles. The minimum Gasteiger partial charge on any atom is -0.342 e. The number of aryl methyl sites for hydroxylation is 1. The fraction of sp³-hybridized carbons (Fsp3) is 0.122. The molecule has 0 atom stereocenters. The van der Waals surface area contributed by atoms with Crippen LogP contribution in [0, 0.1) is 6.92 Å². The molecule has 0 aromatic heterocycles. The highest BCUT2D eigenvalue weighted by Crippen LogP contribution is 2.45. The van der Waals surface area contributed by atoms with E-state index in [1.165, 1.54) is 91.0 Å². The zero-order valence-electron chi connectivity index (χ0n) is 25.0. The number of hydrogen-bond acceptors (Lipinski definition) is 2. The summed E-state index contributed by atoms with van der Waals surface area (Å²) >= 11 is 0. The van der Waals surface area contributed by atoms with Crippen molar-refractivity contribution in [2.24, 2.45) is 0 Å². The Morgan fingerprint density at radius 2 is 1.25 bits per heavy atom. The molecule has 2 nitrogen and oxygen atoms in total. The van der Waals surface area contributed by atoms with E-state index >= 15 is 0 Å². The summed E-state index contributed by atoms with van der Waals surface area (Å²) in [5.74, 6) is 0. The lowest BCUT2D eigenvalue weighted by Crippen LogP contribution is -2.62. The molecule has 0 fully saturated rings. The molecule has 3 aliphatic rings. The Labute approximate surface area is 260 Å². The normalized spacial score (nSPS) is 14.4. The molecular formula is C41H33BN2. The van der Waals surface area contributed by atoms with Crippen LogP contribution in [-0.4, -0.2) is 13.3 Å². The summed E-state index contributed by atoms with van der Waals surface area (Å²) in [7, 11) is 0. The molecule has 0 aliphatic carbocycles. The van der Waals surface area contributed by atoms with Gasteiger partial charge in [-0.2, -0.15) is 0 Å². The average molecular weight is 565 g/mol. The zero-order valence-corrected chi connectivity index (χ0v) is 25.0. The third kappa shape index (κ3) is 3.82. The van der Waals surface area contributed by atoms with Gasteiger partial charge in [-0.3, -0.25) is 0 Å². The molecule has 0 radical (unpaired) electrons. The second kappa shape index (κ2) is 10.0. The molecule has 0 amide bonds. The topological polar surface area (TPSA) is 6.48 Å². The van der Waals surface area contributed by atoms with Gasteiger partial charge in [0.25, 0.3) is 6.71 Å². The summed E-state index contributed by atoms with van der Waals surface area (Å²) in [6.07, 6.45) is 3.51. The van der Waals surface area contributed by atoms with Crippen LogP contribution in [0.3, 0.4) is 0 Å². The molecule has 0 saturated carbocycles. The number of rotatable bonds is 3. The number of hydrogen-bond donors (Lipinski definition) is 0. The van der Waals surface area contributed by atoms with Crippen LogP contribution in [0.5, 0.6) is 0 Å². The van der Waals surface area contributed by atoms with Crippen molar-refractivity contribution in [1.29, 1.82) is 0 Å². The minimum atomic E-state index is 0.174. The molecular weight excluding hydrogens is 531 g/mol. The van der Waals surface area contributed by atoms with Crippen molar-refractivity contribution in [1.82, 2.24) is 0 Å². The first-order valence-corrected chi connectivity index (χ1v) is 15.9. The zero-order chi connectivity index (χ0) is 29.2. The number of para-hydroxylation sites is 1. The second-order valence-corrected chi connectivity index (χ2v) is 12.5. The molecule has 0 N–H and O–H groups in total. The van der Waals surface area contributed by atoms with Gasteiger partial charge in [0, 0.05) is 35.0 Å². The summed E-state index contributed by atoms with van der Waals surface area (Å²) in [5.41, 5.74) is 18.9. The molecule has 210 valence electrons. The number of benzene rings is 6. The highest BCUT2D eigenvalue weighted by molar-refractivity contribution is 7.00. The predicted octanol–water partition coefficient (Wildman–Crippen LogP) is 8.42. The van der Waals surface area contributed by atoms with Crippen molar-refractivity contribution >= 4 is 51.5 Å². The highest BCUT2D eigenvalue weighted by Gasteiger charge is 2.44. The van der Waals surface area contributed by atoms with E-state index < -0.39 is 0 Å². The standard InChI is InChI=1S/C41H33BN2/c1-28-25-38-40-39(26-28)44(32-17-9-4-10-18-32)37-27-31(29-13-5-2-6-14-29)20-22-35(37)42(40)36-23-21-33(30-15-7-3-8-16-30)34-19-11-12-24-43(38)41(34)36/h2-10,13-18,20-23,25-27H,11-12,19,24H2,1H3. The first-order chi connectivity index (χ1) is 21.8. The van der Waals surface area contributed by atoms with Gasteiger partial charge in [-0.05, 0) is 106 Å². The lowest BCUT2D eigenvalue weighted by molar-refractivity contribution is 0.762. The fourth-order valence-corrected chi connectivity index (χ4v) is 7.99. The molecule has 3 aliphatic heterocycles. The van der Waals surface area contributed by atoms with Gasteiger partial charge in [0.15, 0.2) is 0 Å². The summed E-state index contributed by atoms with van der Waals surface area (Å²) in [4.78, 5) is 5.20. The highest BCUT2D eigenvalue weighted by atomic mass is 15.2. The van der Waals surface area contributed by atoms with E-state index in [9.17, 15) is 0 Å². The number of anilines is 5. The Hall–Kier alpha value is -5.02. The average Bonchev–Trinajstić information content (AvgIpc) is 3.31. The Bertz CT molecular complexity index is 2040. The van der Waals surface area contributed by atoms with Crippen LogP contribution >= 0.6 is 0 Å². The van der Waals surface area contributed by atoms with Crippen molar-refractivity contribution in [3.63, 3.8) is 0 Å². The third-order valence-corrected chi connectivity index (χ3v) is 9.84. The van der Waals surface area contributed by atoms with E-state index in [-0.39, 0.29) is 6.71 Å². The Kier molecular flexibility index (Phi) is 5.81. The molecule has 0 bridgehead atoms. The van der Waals surface area contributed by atoms with E-state index in [4.69, 9.17) is 0 Å². The fourth-order valence-electron chi connectivity index (χ4n) is 7.99. The quantitative estimate of drug-likeness (QED) is 0.199. The maximum atomic E-state index is 2.68. The van der Waals surface area contributed by atoms with E-state index in [1.54, 1.807) is 0 Å². The van der Waals surface area contributed by atoms with Crippen molar-refractivity contribution < 1.29 is 0 Å². The predicted molar refractivity (Wildman–Crippen MR) is 188 cm³/mol. The van der Waals surface area contributed by atoms with Gasteiger partial charge in [-0.15, -0.1) is 0 Å². The van der Waals surface area contributed by atoms with Gasteiger partial charge in [-0.1, -0.05) is 103 Å². The van der Waals surface area contributed by atoms with Crippen LogP contribution < -0.4 is 26.2 Å². The van der Waals surface area contributed by atoms with Gasteiger partial charge >= 0.3 is 0 Å². The molecule has 3 heteroatoms. The minimum absolute atomic E-state index is 0.174. The van der Waals surface area contributed by atoms with Crippen LogP contribution in [0.2, 0.25) is 0 Å². The van der Waals surface area contributed by atoms with E-state index in [1.807, 2.05) is 0 Å².